The Morgan fingerprint density at radius 3 is 2.48 bits per heavy atom. The molecule has 0 bridgehead atoms. The van der Waals surface area contributed by atoms with E-state index in [-0.39, 0.29) is 5.66 Å². The predicted molar refractivity (Wildman–Crippen MR) is 109 cm³/mol. The average Bonchev–Trinajstić information content (AvgIpc) is 2.96. The third-order valence-electron chi connectivity index (χ3n) is 4.39. The van der Waals surface area contributed by atoms with Gasteiger partial charge >= 0.3 is 7.60 Å². The van der Waals surface area contributed by atoms with Gasteiger partial charge in [0.15, 0.2) is 0 Å². The van der Waals surface area contributed by atoms with Gasteiger partial charge in [-0.3, -0.25) is 4.57 Å². The van der Waals surface area contributed by atoms with Gasteiger partial charge in [-0.05, 0) is 48.1 Å². The van der Waals surface area contributed by atoms with Gasteiger partial charge in [-0.2, -0.15) is 0 Å². The van der Waals surface area contributed by atoms with Crippen LogP contribution in [0.2, 0.25) is 0 Å². The molecule has 0 aliphatic rings. The van der Waals surface area contributed by atoms with E-state index >= 15 is 0 Å². The van der Waals surface area contributed by atoms with Crippen LogP contribution in [0.25, 0.3) is 10.1 Å². The van der Waals surface area contributed by atoms with Crippen LogP contribution in [-0.4, -0.2) is 14.2 Å². The lowest BCUT2D eigenvalue weighted by molar-refractivity contribution is 0.265. The number of benzene rings is 2. The summed E-state index contributed by atoms with van der Waals surface area (Å²) in [5.74, 6) is 0. The van der Waals surface area contributed by atoms with Crippen molar-refractivity contribution in [3.8, 4) is 0 Å². The molecule has 0 radical (unpaired) electrons. The second-order valence-corrected chi connectivity index (χ2v) is 10.3. The number of thiophene rings is 1. The summed E-state index contributed by atoms with van der Waals surface area (Å²) < 4.78 is 26.3. The molecule has 3 rings (SSSR count). The maximum atomic E-state index is 13.3. The molecule has 0 spiro atoms. The summed E-state index contributed by atoms with van der Waals surface area (Å²) in [6.45, 7) is 2.08. The standard InChI is InChI=1S/C19H20BrO3PS/c1-13-16-9-4-5-10-18(16)25-19(13)17(24(21,22-2)23-3)12-14-7-6-8-15(20)11-14/h4-11,17H,12H2,1-3H3. The molecular formula is C19H20BrO3PS. The number of hydrogen-bond donors (Lipinski definition) is 0. The molecule has 0 saturated heterocycles. The molecule has 25 heavy (non-hydrogen) atoms. The quantitative estimate of drug-likeness (QED) is 0.399. The number of fused-ring (bicyclic) bond motifs is 1. The van der Waals surface area contributed by atoms with Crippen molar-refractivity contribution in [2.45, 2.75) is 19.0 Å². The second kappa shape index (κ2) is 7.73. The molecule has 1 aromatic heterocycles. The summed E-state index contributed by atoms with van der Waals surface area (Å²) in [5, 5.41) is 1.19. The first-order valence-corrected chi connectivity index (χ1v) is 11.1. The van der Waals surface area contributed by atoms with Crippen LogP contribution in [-0.2, 0) is 20.0 Å². The van der Waals surface area contributed by atoms with Crippen LogP contribution in [0.4, 0.5) is 0 Å². The van der Waals surface area contributed by atoms with Gasteiger partial charge in [0.05, 0.1) is 5.66 Å². The monoisotopic (exact) mass is 438 g/mol. The van der Waals surface area contributed by atoms with Crippen LogP contribution >= 0.6 is 34.9 Å². The summed E-state index contributed by atoms with van der Waals surface area (Å²) in [7, 11) is -0.363. The Morgan fingerprint density at radius 1 is 1.12 bits per heavy atom. The van der Waals surface area contributed by atoms with E-state index < -0.39 is 7.60 Å². The Morgan fingerprint density at radius 2 is 1.84 bits per heavy atom. The van der Waals surface area contributed by atoms with E-state index in [1.165, 1.54) is 24.3 Å². The molecule has 0 fully saturated rings. The van der Waals surface area contributed by atoms with Crippen LogP contribution in [0, 0.1) is 6.92 Å². The highest BCUT2D eigenvalue weighted by molar-refractivity contribution is 9.10. The molecule has 1 heterocycles. The van der Waals surface area contributed by atoms with Crippen molar-refractivity contribution in [1.29, 1.82) is 0 Å². The molecule has 0 saturated carbocycles. The van der Waals surface area contributed by atoms with Gasteiger partial charge in [0.1, 0.15) is 0 Å². The van der Waals surface area contributed by atoms with Crippen LogP contribution < -0.4 is 0 Å². The molecule has 0 aliphatic carbocycles. The summed E-state index contributed by atoms with van der Waals surface area (Å²) in [6.07, 6.45) is 0.589. The van der Waals surface area contributed by atoms with E-state index in [0.29, 0.717) is 6.42 Å². The maximum Gasteiger partial charge on any atom is 0.338 e. The first-order chi connectivity index (χ1) is 12.0. The fourth-order valence-corrected chi connectivity index (χ4v) is 6.84. The van der Waals surface area contributed by atoms with Gasteiger partial charge in [-0.25, -0.2) is 0 Å². The molecule has 6 heteroatoms. The predicted octanol–water partition coefficient (Wildman–Crippen LogP) is 6.74. The van der Waals surface area contributed by atoms with Gasteiger partial charge < -0.3 is 9.05 Å². The normalized spacial score (nSPS) is 13.3. The summed E-state index contributed by atoms with van der Waals surface area (Å²) in [5.41, 5.74) is 1.90. The molecule has 132 valence electrons. The van der Waals surface area contributed by atoms with Gasteiger partial charge in [-0.1, -0.05) is 46.3 Å². The summed E-state index contributed by atoms with van der Waals surface area (Å²) in [6, 6.07) is 16.3. The smallest absolute Gasteiger partial charge is 0.311 e. The van der Waals surface area contributed by atoms with Crippen molar-refractivity contribution in [2.75, 3.05) is 14.2 Å². The fourth-order valence-electron chi connectivity index (χ4n) is 3.08. The van der Waals surface area contributed by atoms with Crippen LogP contribution in [0.15, 0.2) is 53.0 Å². The van der Waals surface area contributed by atoms with E-state index in [4.69, 9.17) is 9.05 Å². The van der Waals surface area contributed by atoms with Gasteiger partial charge in [0.25, 0.3) is 0 Å². The van der Waals surface area contributed by atoms with Crippen molar-refractivity contribution < 1.29 is 13.6 Å². The zero-order valence-corrected chi connectivity index (χ0v) is 17.7. The first kappa shape index (κ1) is 18.8. The zero-order chi connectivity index (χ0) is 18.0. The number of rotatable bonds is 6. The Balaban J connectivity index is 2.13. The summed E-state index contributed by atoms with van der Waals surface area (Å²) in [4.78, 5) is 1.06. The molecule has 2 aromatic carbocycles. The SMILES string of the molecule is COP(=O)(OC)C(Cc1cccc(Br)c1)c1sc2ccccc2c1C. The second-order valence-electron chi connectivity index (χ2n) is 5.84. The van der Waals surface area contributed by atoms with E-state index in [0.717, 1.165) is 20.5 Å². The topological polar surface area (TPSA) is 35.5 Å². The Kier molecular flexibility index (Phi) is 5.81. The fraction of sp³-hybridized carbons (Fsp3) is 0.263. The van der Waals surface area contributed by atoms with E-state index in [1.54, 1.807) is 11.3 Å². The van der Waals surface area contributed by atoms with Gasteiger partial charge in [0.2, 0.25) is 0 Å². The van der Waals surface area contributed by atoms with Crippen molar-refractivity contribution in [3.63, 3.8) is 0 Å². The van der Waals surface area contributed by atoms with Gasteiger partial charge in [-0.15, -0.1) is 11.3 Å². The van der Waals surface area contributed by atoms with Crippen molar-refractivity contribution in [2.24, 2.45) is 0 Å². The lowest BCUT2D eigenvalue weighted by Gasteiger charge is -2.24. The molecule has 1 unspecified atom stereocenters. The average molecular weight is 439 g/mol. The molecule has 3 aromatic rings. The Hall–Kier alpha value is -0.970. The lowest BCUT2D eigenvalue weighted by Crippen LogP contribution is -2.07. The largest absolute Gasteiger partial charge is 0.338 e. The Labute approximate surface area is 160 Å². The molecule has 1 atom stereocenters. The molecule has 3 nitrogen and oxygen atoms in total. The van der Waals surface area contributed by atoms with E-state index in [2.05, 4.69) is 35.0 Å². The molecule has 0 N–H and O–H groups in total. The highest BCUT2D eigenvalue weighted by Gasteiger charge is 2.37. The minimum absolute atomic E-state index is 0.339. The minimum atomic E-state index is -3.28. The summed E-state index contributed by atoms with van der Waals surface area (Å²) >= 11 is 5.18. The van der Waals surface area contributed by atoms with E-state index in [9.17, 15) is 4.57 Å². The van der Waals surface area contributed by atoms with Crippen molar-refractivity contribution in [3.05, 3.63) is 69.0 Å². The third-order valence-corrected chi connectivity index (χ3v) is 8.67. The van der Waals surface area contributed by atoms with E-state index in [1.807, 2.05) is 36.4 Å². The van der Waals surface area contributed by atoms with Gasteiger partial charge in [0, 0.05) is 28.3 Å². The number of hydrogen-bond acceptors (Lipinski definition) is 4. The van der Waals surface area contributed by atoms with Crippen LogP contribution in [0.1, 0.15) is 21.7 Å². The first-order valence-electron chi connectivity index (χ1n) is 7.92. The highest BCUT2D eigenvalue weighted by Crippen LogP contribution is 2.63. The maximum absolute atomic E-state index is 13.3. The third kappa shape index (κ3) is 3.76. The van der Waals surface area contributed by atoms with Crippen LogP contribution in [0.5, 0.6) is 0 Å². The number of halogens is 1. The van der Waals surface area contributed by atoms with Crippen molar-refractivity contribution in [1.82, 2.24) is 0 Å². The Bertz CT molecular complexity index is 929. The number of aryl methyl sites for hydroxylation is 1. The zero-order valence-electron chi connectivity index (χ0n) is 14.4. The molecular weight excluding hydrogens is 419 g/mol. The molecule has 0 aliphatic heterocycles. The molecule has 0 amide bonds. The minimum Gasteiger partial charge on any atom is -0.311 e. The highest BCUT2D eigenvalue weighted by atomic mass is 79.9. The lowest BCUT2D eigenvalue weighted by atomic mass is 10.1. The van der Waals surface area contributed by atoms with Crippen LogP contribution in [0.3, 0.4) is 0 Å². The van der Waals surface area contributed by atoms with Crippen molar-refractivity contribution >= 4 is 44.9 Å².